The highest BCUT2D eigenvalue weighted by atomic mass is 16.6. The van der Waals surface area contributed by atoms with E-state index in [4.69, 9.17) is 4.74 Å². The topological polar surface area (TPSA) is 29.5 Å². The molecule has 0 unspecified atom stereocenters. The Balaban J connectivity index is 2.45. The molecule has 0 spiro atoms. The number of ether oxygens (including phenoxy) is 1. The van der Waals surface area contributed by atoms with Crippen molar-refractivity contribution >= 4 is 6.09 Å². The lowest BCUT2D eigenvalue weighted by Gasteiger charge is -2.18. The van der Waals surface area contributed by atoms with Gasteiger partial charge in [-0.1, -0.05) is 19.8 Å². The Labute approximate surface area is 73.7 Å². The van der Waals surface area contributed by atoms with E-state index < -0.39 is 0 Å². The summed E-state index contributed by atoms with van der Waals surface area (Å²) < 4.78 is 5.07. The predicted molar refractivity (Wildman–Crippen MR) is 47.0 cm³/mol. The zero-order valence-corrected chi connectivity index (χ0v) is 8.04. The van der Waals surface area contributed by atoms with E-state index in [0.717, 1.165) is 12.8 Å². The second-order valence-electron chi connectivity index (χ2n) is 3.41. The van der Waals surface area contributed by atoms with Gasteiger partial charge in [0.15, 0.2) is 0 Å². The fourth-order valence-electron chi connectivity index (χ4n) is 1.61. The van der Waals surface area contributed by atoms with Gasteiger partial charge in [-0.15, -0.1) is 0 Å². The minimum atomic E-state index is -0.177. The number of hydrogen-bond acceptors (Lipinski definition) is 2. The van der Waals surface area contributed by atoms with E-state index in [2.05, 4.69) is 6.92 Å². The summed E-state index contributed by atoms with van der Waals surface area (Å²) >= 11 is 0. The van der Waals surface area contributed by atoms with Crippen molar-refractivity contribution in [2.45, 2.75) is 45.3 Å². The summed E-state index contributed by atoms with van der Waals surface area (Å²) in [5, 5.41) is 0. The Kier molecular flexibility index (Phi) is 2.95. The maximum absolute atomic E-state index is 11.1. The van der Waals surface area contributed by atoms with Crippen LogP contribution in [0.3, 0.4) is 0 Å². The molecule has 0 bridgehead atoms. The molecule has 1 heterocycles. The number of hydrogen-bond donors (Lipinski definition) is 0. The van der Waals surface area contributed by atoms with Crippen molar-refractivity contribution in [3.05, 3.63) is 0 Å². The third-order valence-electron chi connectivity index (χ3n) is 2.47. The van der Waals surface area contributed by atoms with Gasteiger partial charge in [-0.05, 0) is 13.3 Å². The van der Waals surface area contributed by atoms with E-state index in [1.54, 1.807) is 4.90 Å². The van der Waals surface area contributed by atoms with Crippen LogP contribution in [0.5, 0.6) is 0 Å². The molecule has 0 aliphatic carbocycles. The molecular weight excluding hydrogens is 154 g/mol. The summed E-state index contributed by atoms with van der Waals surface area (Å²) in [6, 6.07) is 0.289. The smallest absolute Gasteiger partial charge is 0.410 e. The first-order chi connectivity index (χ1) is 5.66. The Hall–Kier alpha value is -0.730. The number of carbonyl (C=O) groups excluding carboxylic acids is 1. The lowest BCUT2D eigenvalue weighted by molar-refractivity contribution is 0.137. The minimum Gasteiger partial charge on any atom is -0.444 e. The van der Waals surface area contributed by atoms with Crippen molar-refractivity contribution in [3.8, 4) is 0 Å². The minimum absolute atomic E-state index is 0.0639. The normalized spacial score (nSPS) is 29.2. The van der Waals surface area contributed by atoms with E-state index in [9.17, 15) is 4.79 Å². The zero-order valence-electron chi connectivity index (χ0n) is 8.04. The third kappa shape index (κ3) is 1.71. The van der Waals surface area contributed by atoms with Crippen LogP contribution < -0.4 is 0 Å². The Morgan fingerprint density at radius 1 is 1.58 bits per heavy atom. The van der Waals surface area contributed by atoms with E-state index in [1.165, 1.54) is 6.42 Å². The second kappa shape index (κ2) is 3.78. The third-order valence-corrected chi connectivity index (χ3v) is 2.47. The van der Waals surface area contributed by atoms with Gasteiger partial charge < -0.3 is 9.64 Å². The molecule has 0 N–H and O–H groups in total. The number of cyclic esters (lactones) is 1. The van der Waals surface area contributed by atoms with Gasteiger partial charge in [0.1, 0.15) is 6.10 Å². The molecule has 1 rings (SSSR count). The standard InChI is InChI=1S/C9H17NO2/c1-4-5-6-8-7(2)12-9(11)10(8)3/h7-8H,4-6H2,1-3H3/t7-,8-/m0/s1. The monoisotopic (exact) mass is 171 g/mol. The Bertz CT molecular complexity index is 170. The van der Waals surface area contributed by atoms with Crippen LogP contribution in [0.1, 0.15) is 33.1 Å². The molecule has 70 valence electrons. The number of likely N-dealkylation sites (N-methyl/N-ethyl adjacent to an activating group) is 1. The summed E-state index contributed by atoms with van der Waals surface area (Å²) in [4.78, 5) is 12.8. The van der Waals surface area contributed by atoms with E-state index in [-0.39, 0.29) is 18.2 Å². The zero-order chi connectivity index (χ0) is 9.14. The van der Waals surface area contributed by atoms with E-state index in [0.29, 0.717) is 0 Å². The fraction of sp³-hybridized carbons (Fsp3) is 0.889. The summed E-state index contributed by atoms with van der Waals surface area (Å²) in [5.41, 5.74) is 0. The highest BCUT2D eigenvalue weighted by Crippen LogP contribution is 2.21. The summed E-state index contributed by atoms with van der Waals surface area (Å²) in [6.07, 6.45) is 3.28. The highest BCUT2D eigenvalue weighted by Gasteiger charge is 2.35. The van der Waals surface area contributed by atoms with Crippen LogP contribution in [-0.2, 0) is 4.74 Å². The predicted octanol–water partition coefficient (Wildman–Crippen LogP) is 2.02. The molecule has 1 saturated heterocycles. The van der Waals surface area contributed by atoms with Crippen molar-refractivity contribution in [3.63, 3.8) is 0 Å². The van der Waals surface area contributed by atoms with Crippen LogP contribution in [0, 0.1) is 0 Å². The molecule has 0 aromatic heterocycles. The molecule has 1 aliphatic rings. The number of unbranched alkanes of at least 4 members (excludes halogenated alkanes) is 1. The quantitative estimate of drug-likeness (QED) is 0.650. The van der Waals surface area contributed by atoms with Crippen molar-refractivity contribution in [2.75, 3.05) is 7.05 Å². The summed E-state index contributed by atoms with van der Waals surface area (Å²) in [6.45, 7) is 4.12. The van der Waals surface area contributed by atoms with E-state index in [1.807, 2.05) is 14.0 Å². The number of carbonyl (C=O) groups is 1. The molecule has 0 aromatic carbocycles. The van der Waals surface area contributed by atoms with Crippen LogP contribution in [0.2, 0.25) is 0 Å². The molecule has 1 fully saturated rings. The average molecular weight is 171 g/mol. The Morgan fingerprint density at radius 3 is 2.67 bits per heavy atom. The maximum Gasteiger partial charge on any atom is 0.410 e. The van der Waals surface area contributed by atoms with Gasteiger partial charge in [-0.3, -0.25) is 0 Å². The first-order valence-corrected chi connectivity index (χ1v) is 4.60. The van der Waals surface area contributed by atoms with Crippen molar-refractivity contribution in [2.24, 2.45) is 0 Å². The number of rotatable bonds is 3. The van der Waals surface area contributed by atoms with Crippen molar-refractivity contribution in [1.82, 2.24) is 4.90 Å². The summed E-state index contributed by atoms with van der Waals surface area (Å²) in [7, 11) is 1.81. The lowest BCUT2D eigenvalue weighted by atomic mass is 10.1. The second-order valence-corrected chi connectivity index (χ2v) is 3.41. The van der Waals surface area contributed by atoms with Gasteiger partial charge in [-0.2, -0.15) is 0 Å². The Morgan fingerprint density at radius 2 is 2.25 bits per heavy atom. The molecule has 0 radical (unpaired) electrons. The first kappa shape index (κ1) is 9.36. The van der Waals surface area contributed by atoms with Gasteiger partial charge in [0.05, 0.1) is 6.04 Å². The maximum atomic E-state index is 11.1. The summed E-state index contributed by atoms with van der Waals surface area (Å²) in [5.74, 6) is 0. The van der Waals surface area contributed by atoms with Gasteiger partial charge in [0.2, 0.25) is 0 Å². The van der Waals surface area contributed by atoms with Crippen molar-refractivity contribution in [1.29, 1.82) is 0 Å². The van der Waals surface area contributed by atoms with Crippen LogP contribution in [0.25, 0.3) is 0 Å². The number of amides is 1. The largest absolute Gasteiger partial charge is 0.444 e. The molecule has 0 aromatic rings. The van der Waals surface area contributed by atoms with Gasteiger partial charge in [0.25, 0.3) is 0 Å². The molecule has 3 heteroatoms. The van der Waals surface area contributed by atoms with Gasteiger partial charge in [0, 0.05) is 7.05 Å². The first-order valence-electron chi connectivity index (χ1n) is 4.60. The SMILES string of the molecule is CCCC[C@H]1[C@H](C)OC(=O)N1C. The fourth-order valence-corrected chi connectivity index (χ4v) is 1.61. The van der Waals surface area contributed by atoms with Crippen LogP contribution >= 0.6 is 0 Å². The molecule has 0 saturated carbocycles. The van der Waals surface area contributed by atoms with Crippen LogP contribution in [0.15, 0.2) is 0 Å². The van der Waals surface area contributed by atoms with Gasteiger partial charge >= 0.3 is 6.09 Å². The van der Waals surface area contributed by atoms with Crippen molar-refractivity contribution < 1.29 is 9.53 Å². The average Bonchev–Trinajstić information content (AvgIpc) is 2.25. The lowest BCUT2D eigenvalue weighted by Crippen LogP contribution is -2.32. The molecular formula is C9H17NO2. The van der Waals surface area contributed by atoms with Crippen LogP contribution in [-0.4, -0.2) is 30.2 Å². The molecule has 3 nitrogen and oxygen atoms in total. The van der Waals surface area contributed by atoms with Gasteiger partial charge in [-0.25, -0.2) is 4.79 Å². The van der Waals surface area contributed by atoms with E-state index >= 15 is 0 Å². The number of nitrogens with zero attached hydrogens (tertiary/aromatic N) is 1. The molecule has 12 heavy (non-hydrogen) atoms. The molecule has 1 aliphatic heterocycles. The molecule has 2 atom stereocenters. The molecule has 1 amide bonds. The highest BCUT2D eigenvalue weighted by molar-refractivity contribution is 5.70. The van der Waals surface area contributed by atoms with Crippen LogP contribution in [0.4, 0.5) is 4.79 Å².